The van der Waals surface area contributed by atoms with E-state index >= 15 is 0 Å². The molecule has 1 heteroatoms. The van der Waals surface area contributed by atoms with Gasteiger partial charge in [0.15, 0.2) is 0 Å². The number of hydrogen-bond acceptors (Lipinski definition) is 1. The molecule has 1 saturated carbocycles. The van der Waals surface area contributed by atoms with Crippen molar-refractivity contribution in [1.29, 1.82) is 0 Å². The molecule has 100 valence electrons. The molecule has 2 rings (SSSR count). The lowest BCUT2D eigenvalue weighted by atomic mass is 9.76. The summed E-state index contributed by atoms with van der Waals surface area (Å²) in [6.45, 7) is 9.07. The molecule has 1 aromatic rings. The predicted molar refractivity (Wildman–Crippen MR) is 78.8 cm³/mol. The standard InChI is InChI=1S/C17H27N/c1-14-8-7-9-15(2)16(14)12-18-13-17(3)10-5-4-6-11-17/h7-9,18H,4-6,10-13H2,1-3H3. The fraction of sp³-hybridized carbons (Fsp3) is 0.647. The van der Waals surface area contributed by atoms with Gasteiger partial charge >= 0.3 is 0 Å². The Bertz CT molecular complexity index is 368. The van der Waals surface area contributed by atoms with Gasteiger partial charge < -0.3 is 5.32 Å². The monoisotopic (exact) mass is 245 g/mol. The average Bonchev–Trinajstić information content (AvgIpc) is 2.34. The van der Waals surface area contributed by atoms with E-state index in [0.29, 0.717) is 5.41 Å². The van der Waals surface area contributed by atoms with E-state index < -0.39 is 0 Å². The molecule has 0 spiro atoms. The minimum absolute atomic E-state index is 0.537. The van der Waals surface area contributed by atoms with Crippen molar-refractivity contribution in [3.8, 4) is 0 Å². The first-order valence-corrected chi connectivity index (χ1v) is 7.37. The molecule has 0 bridgehead atoms. The van der Waals surface area contributed by atoms with Crippen molar-refractivity contribution >= 4 is 0 Å². The molecule has 0 saturated heterocycles. The van der Waals surface area contributed by atoms with Gasteiger partial charge in [0.25, 0.3) is 0 Å². The molecule has 0 unspecified atom stereocenters. The zero-order valence-electron chi connectivity index (χ0n) is 12.2. The van der Waals surface area contributed by atoms with Crippen molar-refractivity contribution in [1.82, 2.24) is 5.32 Å². The van der Waals surface area contributed by atoms with Crippen LogP contribution in [-0.2, 0) is 6.54 Å². The summed E-state index contributed by atoms with van der Waals surface area (Å²) in [5.74, 6) is 0. The van der Waals surface area contributed by atoms with Gasteiger partial charge in [-0.1, -0.05) is 44.4 Å². The molecule has 18 heavy (non-hydrogen) atoms. The minimum atomic E-state index is 0.537. The summed E-state index contributed by atoms with van der Waals surface area (Å²) in [5, 5.41) is 3.69. The van der Waals surface area contributed by atoms with Gasteiger partial charge in [0.1, 0.15) is 0 Å². The van der Waals surface area contributed by atoms with Crippen LogP contribution in [0.2, 0.25) is 0 Å². The minimum Gasteiger partial charge on any atom is -0.312 e. The molecule has 1 N–H and O–H groups in total. The number of benzene rings is 1. The zero-order chi connectivity index (χ0) is 13.0. The summed E-state index contributed by atoms with van der Waals surface area (Å²) in [6, 6.07) is 6.58. The maximum atomic E-state index is 3.69. The van der Waals surface area contributed by atoms with Gasteiger partial charge in [-0.05, 0) is 48.8 Å². The average molecular weight is 245 g/mol. The van der Waals surface area contributed by atoms with E-state index in [1.807, 2.05) is 0 Å². The lowest BCUT2D eigenvalue weighted by Crippen LogP contribution is -2.33. The summed E-state index contributed by atoms with van der Waals surface area (Å²) >= 11 is 0. The molecule has 1 aliphatic carbocycles. The number of nitrogens with one attached hydrogen (secondary N) is 1. The Labute approximate surface area is 112 Å². The van der Waals surface area contributed by atoms with Gasteiger partial charge in [0.2, 0.25) is 0 Å². The van der Waals surface area contributed by atoms with Crippen LogP contribution in [0.1, 0.15) is 55.7 Å². The molecule has 0 atom stereocenters. The Balaban J connectivity index is 1.88. The predicted octanol–water partition coefficient (Wildman–Crippen LogP) is 4.36. The first-order valence-electron chi connectivity index (χ1n) is 7.37. The lowest BCUT2D eigenvalue weighted by Gasteiger charge is -2.34. The van der Waals surface area contributed by atoms with E-state index in [4.69, 9.17) is 0 Å². The second-order valence-electron chi connectivity index (χ2n) is 6.35. The fourth-order valence-corrected chi connectivity index (χ4v) is 3.20. The third kappa shape index (κ3) is 3.35. The second-order valence-corrected chi connectivity index (χ2v) is 6.35. The molecule has 0 aliphatic heterocycles. The molecular weight excluding hydrogens is 218 g/mol. The highest BCUT2D eigenvalue weighted by molar-refractivity contribution is 5.33. The van der Waals surface area contributed by atoms with Gasteiger partial charge in [0.05, 0.1) is 0 Å². The van der Waals surface area contributed by atoms with Crippen LogP contribution < -0.4 is 5.32 Å². The molecule has 0 amide bonds. The highest BCUT2D eigenvalue weighted by Crippen LogP contribution is 2.35. The molecule has 1 aliphatic rings. The maximum Gasteiger partial charge on any atom is 0.0210 e. The maximum absolute atomic E-state index is 3.69. The Morgan fingerprint density at radius 3 is 2.28 bits per heavy atom. The van der Waals surface area contributed by atoms with E-state index in [1.54, 1.807) is 0 Å². The van der Waals surface area contributed by atoms with Crippen LogP contribution in [-0.4, -0.2) is 6.54 Å². The summed E-state index contributed by atoms with van der Waals surface area (Å²) in [7, 11) is 0. The highest BCUT2D eigenvalue weighted by atomic mass is 14.9. The van der Waals surface area contributed by atoms with Crippen molar-refractivity contribution in [2.24, 2.45) is 5.41 Å². The quantitative estimate of drug-likeness (QED) is 0.831. The summed E-state index contributed by atoms with van der Waals surface area (Å²) < 4.78 is 0. The molecule has 0 radical (unpaired) electrons. The normalized spacial score (nSPS) is 18.8. The van der Waals surface area contributed by atoms with Crippen LogP contribution in [0.5, 0.6) is 0 Å². The third-order valence-electron chi connectivity index (χ3n) is 4.56. The summed E-state index contributed by atoms with van der Waals surface area (Å²) in [4.78, 5) is 0. The number of rotatable bonds is 4. The molecule has 1 aromatic carbocycles. The van der Waals surface area contributed by atoms with Crippen LogP contribution in [0.25, 0.3) is 0 Å². The van der Waals surface area contributed by atoms with Crippen LogP contribution in [0, 0.1) is 19.3 Å². The van der Waals surface area contributed by atoms with Gasteiger partial charge in [0, 0.05) is 13.1 Å². The van der Waals surface area contributed by atoms with Crippen molar-refractivity contribution in [2.45, 2.75) is 59.4 Å². The Hall–Kier alpha value is -0.820. The van der Waals surface area contributed by atoms with Gasteiger partial charge in [-0.2, -0.15) is 0 Å². The van der Waals surface area contributed by atoms with Crippen LogP contribution in [0.4, 0.5) is 0 Å². The topological polar surface area (TPSA) is 12.0 Å². The summed E-state index contributed by atoms with van der Waals surface area (Å²) in [5.41, 5.74) is 4.85. The molecule has 1 nitrogen and oxygen atoms in total. The van der Waals surface area contributed by atoms with E-state index in [-0.39, 0.29) is 0 Å². The van der Waals surface area contributed by atoms with Crippen LogP contribution in [0.3, 0.4) is 0 Å². The molecule has 0 heterocycles. The summed E-state index contributed by atoms with van der Waals surface area (Å²) in [6.07, 6.45) is 7.06. The number of hydrogen-bond donors (Lipinski definition) is 1. The number of aryl methyl sites for hydroxylation is 2. The zero-order valence-corrected chi connectivity index (χ0v) is 12.2. The lowest BCUT2D eigenvalue weighted by molar-refractivity contribution is 0.207. The molecule has 1 fully saturated rings. The largest absolute Gasteiger partial charge is 0.312 e. The van der Waals surface area contributed by atoms with E-state index in [0.717, 1.165) is 6.54 Å². The van der Waals surface area contributed by atoms with Gasteiger partial charge in [-0.25, -0.2) is 0 Å². The van der Waals surface area contributed by atoms with Crippen molar-refractivity contribution in [2.75, 3.05) is 6.54 Å². The third-order valence-corrected chi connectivity index (χ3v) is 4.56. The first-order chi connectivity index (χ1) is 8.61. The Morgan fingerprint density at radius 1 is 1.06 bits per heavy atom. The van der Waals surface area contributed by atoms with Crippen LogP contribution >= 0.6 is 0 Å². The Kier molecular flexibility index (Phi) is 4.45. The van der Waals surface area contributed by atoms with Gasteiger partial charge in [-0.3, -0.25) is 0 Å². The molecular formula is C17H27N. The van der Waals surface area contributed by atoms with Crippen LogP contribution in [0.15, 0.2) is 18.2 Å². The first kappa shape index (κ1) is 13.6. The molecule has 0 aromatic heterocycles. The van der Waals surface area contributed by atoms with E-state index in [2.05, 4.69) is 44.3 Å². The highest BCUT2D eigenvalue weighted by Gasteiger charge is 2.26. The van der Waals surface area contributed by atoms with Crippen molar-refractivity contribution in [3.05, 3.63) is 34.9 Å². The van der Waals surface area contributed by atoms with Gasteiger partial charge in [-0.15, -0.1) is 0 Å². The fourth-order valence-electron chi connectivity index (χ4n) is 3.20. The second kappa shape index (κ2) is 5.88. The SMILES string of the molecule is Cc1cccc(C)c1CNCC1(C)CCCCC1. The van der Waals surface area contributed by atoms with E-state index in [9.17, 15) is 0 Å². The smallest absolute Gasteiger partial charge is 0.0210 e. The van der Waals surface area contributed by atoms with Crippen molar-refractivity contribution in [3.63, 3.8) is 0 Å². The Morgan fingerprint density at radius 2 is 1.67 bits per heavy atom. The van der Waals surface area contributed by atoms with E-state index in [1.165, 1.54) is 55.3 Å². The van der Waals surface area contributed by atoms with Crippen molar-refractivity contribution < 1.29 is 0 Å².